The van der Waals surface area contributed by atoms with Crippen molar-refractivity contribution >= 4 is 24.2 Å². The molecule has 0 aliphatic heterocycles. The number of amides is 2. The summed E-state index contributed by atoms with van der Waals surface area (Å²) in [5, 5.41) is 8.23. The number of benzene rings is 4. The molecule has 2 N–H and O–H groups in total. The van der Waals surface area contributed by atoms with Crippen LogP contribution in [-0.4, -0.2) is 24.2 Å². The van der Waals surface area contributed by atoms with Crippen molar-refractivity contribution in [1.29, 1.82) is 0 Å². The van der Waals surface area contributed by atoms with Gasteiger partial charge in [-0.1, -0.05) is 111 Å². The van der Waals surface area contributed by atoms with Gasteiger partial charge in [-0.05, 0) is 48.2 Å². The normalized spacial score (nSPS) is 11.0. The molecule has 0 bridgehead atoms. The average Bonchev–Trinajstić information content (AvgIpc) is 3.09. The third-order valence-electron chi connectivity index (χ3n) is 7.16. The zero-order chi connectivity index (χ0) is 32.1. The highest BCUT2D eigenvalue weighted by Crippen LogP contribution is 2.19. The fourth-order valence-electron chi connectivity index (χ4n) is 4.65. The molecule has 0 fully saturated rings. The molecule has 4 rings (SSSR count). The maximum atomic E-state index is 12.2. The molecule has 238 valence electrons. The van der Waals surface area contributed by atoms with Crippen LogP contribution in [0.3, 0.4) is 0 Å². The minimum Gasteiger partial charge on any atom is -0.488 e. The summed E-state index contributed by atoms with van der Waals surface area (Å²) in [5.74, 6) is 1.20. The number of nitrogens with one attached hydrogen (secondary N) is 2. The molecule has 0 aromatic heterocycles. The molecular weight excluding hydrogens is 576 g/mol. The summed E-state index contributed by atoms with van der Waals surface area (Å²) in [5.41, 5.74) is 8.98. The second-order valence-electron chi connectivity index (χ2n) is 10.8. The molecule has 0 heterocycles. The van der Waals surface area contributed by atoms with Crippen LogP contribution in [0.25, 0.3) is 0 Å². The van der Waals surface area contributed by atoms with Crippen molar-refractivity contribution < 1.29 is 19.1 Å². The first kappa shape index (κ1) is 33.6. The standard InChI is InChI=1S/C38H42N4O4/c43-37(41-39-27-33-21-13-15-23-35(33)45-29-31-17-7-5-8-18-31)25-11-3-1-2-4-12-26-38(44)42-40-28-34-22-14-16-24-36(34)46-30-32-19-9-6-10-20-32/h5-10,13-24,27-28H,1-4,11-12,25-26,29-30H2,(H,41,43)(H,42,44)/b39-27-,40-28-. The summed E-state index contributed by atoms with van der Waals surface area (Å²) in [7, 11) is 0. The number of carbonyl (C=O) groups is 2. The van der Waals surface area contributed by atoms with E-state index in [4.69, 9.17) is 9.47 Å². The third-order valence-corrected chi connectivity index (χ3v) is 7.16. The van der Waals surface area contributed by atoms with Crippen LogP contribution in [0, 0.1) is 0 Å². The van der Waals surface area contributed by atoms with Crippen molar-refractivity contribution in [1.82, 2.24) is 10.9 Å². The maximum absolute atomic E-state index is 12.2. The summed E-state index contributed by atoms with van der Waals surface area (Å²) in [4.78, 5) is 24.4. The molecule has 8 heteroatoms. The summed E-state index contributed by atoms with van der Waals surface area (Å²) >= 11 is 0. The minimum absolute atomic E-state index is 0.110. The molecule has 0 saturated heterocycles. The summed E-state index contributed by atoms with van der Waals surface area (Å²) in [6.45, 7) is 0.920. The molecule has 4 aromatic rings. The summed E-state index contributed by atoms with van der Waals surface area (Å²) in [6, 6.07) is 35.1. The molecule has 0 spiro atoms. The molecule has 0 atom stereocenters. The lowest BCUT2D eigenvalue weighted by Gasteiger charge is -2.09. The number of hydrogen-bond donors (Lipinski definition) is 2. The van der Waals surface area contributed by atoms with Crippen LogP contribution in [0.1, 0.15) is 73.6 Å². The summed E-state index contributed by atoms with van der Waals surface area (Å²) in [6.07, 6.45) is 9.60. The van der Waals surface area contributed by atoms with Gasteiger partial charge >= 0.3 is 0 Å². The topological polar surface area (TPSA) is 101 Å². The van der Waals surface area contributed by atoms with Gasteiger partial charge in [-0.25, -0.2) is 10.9 Å². The lowest BCUT2D eigenvalue weighted by atomic mass is 10.1. The van der Waals surface area contributed by atoms with Gasteiger partial charge in [0.05, 0.1) is 12.4 Å². The molecule has 0 aliphatic carbocycles. The van der Waals surface area contributed by atoms with E-state index in [0.717, 1.165) is 60.8 Å². The molecule has 0 unspecified atom stereocenters. The number of para-hydroxylation sites is 2. The molecular formula is C38H42N4O4. The minimum atomic E-state index is -0.110. The Labute approximate surface area is 271 Å². The highest BCUT2D eigenvalue weighted by Gasteiger charge is 2.05. The van der Waals surface area contributed by atoms with E-state index in [1.54, 1.807) is 12.4 Å². The third kappa shape index (κ3) is 12.8. The summed E-state index contributed by atoms with van der Waals surface area (Å²) < 4.78 is 11.9. The number of hydrazone groups is 2. The van der Waals surface area contributed by atoms with Gasteiger partial charge < -0.3 is 9.47 Å². The Morgan fingerprint density at radius 2 is 0.870 bits per heavy atom. The SMILES string of the molecule is O=C(CCCCCCCCC(=O)N/N=C\c1ccccc1OCc1ccccc1)N/N=C\c1ccccc1OCc1ccccc1. The Hall–Kier alpha value is -5.24. The number of hydrogen-bond acceptors (Lipinski definition) is 6. The lowest BCUT2D eigenvalue weighted by Crippen LogP contribution is -2.17. The van der Waals surface area contributed by atoms with E-state index in [9.17, 15) is 9.59 Å². The Bertz CT molecular complexity index is 1420. The molecule has 8 nitrogen and oxygen atoms in total. The van der Waals surface area contributed by atoms with E-state index in [2.05, 4.69) is 21.1 Å². The highest BCUT2D eigenvalue weighted by molar-refractivity contribution is 5.86. The Morgan fingerprint density at radius 1 is 0.500 bits per heavy atom. The Kier molecular flexibility index (Phi) is 14.6. The van der Waals surface area contributed by atoms with Crippen LogP contribution < -0.4 is 20.3 Å². The Morgan fingerprint density at radius 3 is 1.30 bits per heavy atom. The van der Waals surface area contributed by atoms with Crippen LogP contribution in [0.2, 0.25) is 0 Å². The van der Waals surface area contributed by atoms with Crippen LogP contribution in [0.4, 0.5) is 0 Å². The number of carbonyl (C=O) groups excluding carboxylic acids is 2. The van der Waals surface area contributed by atoms with Gasteiger partial charge in [-0.15, -0.1) is 0 Å². The monoisotopic (exact) mass is 618 g/mol. The van der Waals surface area contributed by atoms with Crippen LogP contribution in [0.5, 0.6) is 11.5 Å². The first-order valence-corrected chi connectivity index (χ1v) is 15.8. The molecule has 0 saturated carbocycles. The van der Waals surface area contributed by atoms with Crippen molar-refractivity contribution in [3.8, 4) is 11.5 Å². The van der Waals surface area contributed by atoms with Crippen LogP contribution in [0.15, 0.2) is 119 Å². The van der Waals surface area contributed by atoms with Crippen molar-refractivity contribution in [2.45, 2.75) is 64.6 Å². The van der Waals surface area contributed by atoms with Crippen molar-refractivity contribution in [3.05, 3.63) is 131 Å². The van der Waals surface area contributed by atoms with Crippen LogP contribution in [-0.2, 0) is 22.8 Å². The van der Waals surface area contributed by atoms with Gasteiger partial charge in [0.25, 0.3) is 0 Å². The average molecular weight is 619 g/mol. The van der Waals surface area contributed by atoms with E-state index in [0.29, 0.717) is 37.6 Å². The van der Waals surface area contributed by atoms with Gasteiger partial charge in [0.1, 0.15) is 24.7 Å². The molecule has 0 aliphatic rings. The highest BCUT2D eigenvalue weighted by atomic mass is 16.5. The molecule has 4 aromatic carbocycles. The number of unbranched alkanes of at least 4 members (excludes halogenated alkanes) is 5. The first-order valence-electron chi connectivity index (χ1n) is 15.8. The van der Waals surface area contributed by atoms with E-state index >= 15 is 0 Å². The Balaban J connectivity index is 1.03. The smallest absolute Gasteiger partial charge is 0.240 e. The molecule has 2 amide bonds. The quantitative estimate of drug-likeness (QED) is 0.0643. The predicted molar refractivity (Wildman–Crippen MR) is 183 cm³/mol. The predicted octanol–water partition coefficient (Wildman–Crippen LogP) is 7.57. The number of ether oxygens (including phenoxy) is 2. The van der Waals surface area contributed by atoms with Gasteiger partial charge in [-0.3, -0.25) is 9.59 Å². The number of nitrogens with zero attached hydrogens (tertiary/aromatic N) is 2. The fraction of sp³-hybridized carbons (Fsp3) is 0.263. The fourth-order valence-corrected chi connectivity index (χ4v) is 4.65. The van der Waals surface area contributed by atoms with E-state index < -0.39 is 0 Å². The lowest BCUT2D eigenvalue weighted by molar-refractivity contribution is -0.122. The first-order chi connectivity index (χ1) is 22.7. The second kappa shape index (κ2) is 19.9. The zero-order valence-corrected chi connectivity index (χ0v) is 26.1. The second-order valence-corrected chi connectivity index (χ2v) is 10.8. The van der Waals surface area contributed by atoms with E-state index in [1.165, 1.54) is 0 Å². The largest absolute Gasteiger partial charge is 0.488 e. The zero-order valence-electron chi connectivity index (χ0n) is 26.1. The van der Waals surface area contributed by atoms with Gasteiger partial charge in [0, 0.05) is 24.0 Å². The van der Waals surface area contributed by atoms with E-state index in [1.807, 2.05) is 109 Å². The van der Waals surface area contributed by atoms with Gasteiger partial charge in [-0.2, -0.15) is 10.2 Å². The van der Waals surface area contributed by atoms with Crippen molar-refractivity contribution in [2.24, 2.45) is 10.2 Å². The van der Waals surface area contributed by atoms with Gasteiger partial charge in [0.15, 0.2) is 0 Å². The maximum Gasteiger partial charge on any atom is 0.240 e. The number of rotatable bonds is 19. The molecule has 46 heavy (non-hydrogen) atoms. The van der Waals surface area contributed by atoms with Crippen molar-refractivity contribution in [3.63, 3.8) is 0 Å². The van der Waals surface area contributed by atoms with E-state index in [-0.39, 0.29) is 11.8 Å². The van der Waals surface area contributed by atoms with Crippen molar-refractivity contribution in [2.75, 3.05) is 0 Å². The van der Waals surface area contributed by atoms with Crippen LogP contribution >= 0.6 is 0 Å². The molecule has 0 radical (unpaired) electrons. The van der Waals surface area contributed by atoms with Gasteiger partial charge in [0.2, 0.25) is 11.8 Å².